The largest absolute Gasteiger partial charge is 0.335 e. The molecule has 1 aliphatic heterocycles. The number of hydrogen-bond donors (Lipinski definition) is 0. The molecule has 0 spiro atoms. The third kappa shape index (κ3) is 3.57. The zero-order valence-electron chi connectivity index (χ0n) is 16.7. The molecule has 1 saturated heterocycles. The fourth-order valence-electron chi connectivity index (χ4n) is 3.92. The average Bonchev–Trinajstić information content (AvgIpc) is 3.63. The van der Waals surface area contributed by atoms with Gasteiger partial charge < -0.3 is 9.80 Å². The third-order valence-corrected chi connectivity index (χ3v) is 6.05. The van der Waals surface area contributed by atoms with Crippen LogP contribution in [0.25, 0.3) is 11.2 Å². The number of amides is 2. The van der Waals surface area contributed by atoms with E-state index in [4.69, 9.17) is 11.6 Å². The summed E-state index contributed by atoms with van der Waals surface area (Å²) in [5.74, 6) is -0.571. The molecular formula is C22H20ClN5O3. The summed E-state index contributed by atoms with van der Waals surface area (Å²) in [6.45, 7) is 1.37. The molecule has 1 aromatic carbocycles. The summed E-state index contributed by atoms with van der Waals surface area (Å²) in [5, 5.41) is 0.403. The molecule has 2 fully saturated rings. The lowest BCUT2D eigenvalue weighted by Gasteiger charge is -2.34. The summed E-state index contributed by atoms with van der Waals surface area (Å²) < 4.78 is 1.60. The van der Waals surface area contributed by atoms with Gasteiger partial charge in [0.1, 0.15) is 5.52 Å². The Morgan fingerprint density at radius 1 is 0.935 bits per heavy atom. The lowest BCUT2D eigenvalue weighted by atomic mass is 10.1. The fraction of sp³-hybridized carbons (Fsp3) is 0.318. The molecule has 0 N–H and O–H groups in total. The van der Waals surface area contributed by atoms with Crippen molar-refractivity contribution in [2.45, 2.75) is 18.9 Å². The Balaban J connectivity index is 1.37. The Morgan fingerprint density at radius 2 is 1.61 bits per heavy atom. The van der Waals surface area contributed by atoms with Gasteiger partial charge in [0, 0.05) is 38.4 Å². The maximum Gasteiger partial charge on any atom is 0.284 e. The van der Waals surface area contributed by atoms with Gasteiger partial charge in [-0.25, -0.2) is 9.97 Å². The zero-order chi connectivity index (χ0) is 21.5. The van der Waals surface area contributed by atoms with E-state index in [1.807, 2.05) is 0 Å². The summed E-state index contributed by atoms with van der Waals surface area (Å²) >= 11 is 6.15. The van der Waals surface area contributed by atoms with Crippen LogP contribution in [0.3, 0.4) is 0 Å². The second kappa shape index (κ2) is 7.77. The highest BCUT2D eigenvalue weighted by Gasteiger charge is 2.32. The highest BCUT2D eigenvalue weighted by Crippen LogP contribution is 2.35. The summed E-state index contributed by atoms with van der Waals surface area (Å²) in [6.07, 6.45) is 3.41. The summed E-state index contributed by atoms with van der Waals surface area (Å²) in [5.41, 5.74) is 1.01. The number of rotatable bonds is 3. The van der Waals surface area contributed by atoms with Crippen LogP contribution in [0.15, 0.2) is 47.4 Å². The molecule has 2 amide bonds. The van der Waals surface area contributed by atoms with E-state index in [1.54, 1.807) is 57.0 Å². The van der Waals surface area contributed by atoms with Crippen molar-refractivity contribution in [2.75, 3.05) is 26.2 Å². The van der Waals surface area contributed by atoms with Crippen LogP contribution in [0.2, 0.25) is 5.02 Å². The van der Waals surface area contributed by atoms with Gasteiger partial charge >= 0.3 is 0 Å². The predicted octanol–water partition coefficient (Wildman–Crippen LogP) is 2.38. The number of fused-ring (bicyclic) bond motifs is 1. The van der Waals surface area contributed by atoms with Crippen LogP contribution in [-0.2, 0) is 0 Å². The van der Waals surface area contributed by atoms with Gasteiger partial charge in [-0.15, -0.1) is 0 Å². The number of hydrogen-bond acceptors (Lipinski definition) is 5. The molecule has 2 aliphatic rings. The van der Waals surface area contributed by atoms with Crippen LogP contribution < -0.4 is 5.56 Å². The quantitative estimate of drug-likeness (QED) is 0.627. The van der Waals surface area contributed by atoms with Crippen molar-refractivity contribution in [1.29, 1.82) is 0 Å². The van der Waals surface area contributed by atoms with Gasteiger partial charge in [0.15, 0.2) is 11.3 Å². The molecule has 0 atom stereocenters. The molecule has 2 aromatic heterocycles. The van der Waals surface area contributed by atoms with E-state index >= 15 is 0 Å². The molecular weight excluding hydrogens is 418 g/mol. The summed E-state index contributed by atoms with van der Waals surface area (Å²) in [7, 11) is 0. The maximum atomic E-state index is 13.2. The van der Waals surface area contributed by atoms with E-state index in [0.29, 0.717) is 47.9 Å². The van der Waals surface area contributed by atoms with Gasteiger partial charge in [-0.3, -0.25) is 19.0 Å². The smallest absolute Gasteiger partial charge is 0.284 e. The molecule has 158 valence electrons. The number of piperazine rings is 1. The van der Waals surface area contributed by atoms with Crippen molar-refractivity contribution in [3.63, 3.8) is 0 Å². The normalized spacial score (nSPS) is 16.5. The number of nitrogens with zero attached hydrogens (tertiary/aromatic N) is 5. The van der Waals surface area contributed by atoms with Crippen LogP contribution in [0.4, 0.5) is 0 Å². The molecule has 9 heteroatoms. The standard InChI is InChI=1S/C22H20ClN5O3/c23-16-5-2-1-4-15(16)20(29)26-10-12-27(13-11-26)21(30)18-22(31)28(14-7-8-14)19-17(25-18)6-3-9-24-19/h1-6,9,14H,7-8,10-13H2. The van der Waals surface area contributed by atoms with Crippen LogP contribution in [0.1, 0.15) is 39.7 Å². The number of carbonyl (C=O) groups is 2. The highest BCUT2D eigenvalue weighted by atomic mass is 35.5. The van der Waals surface area contributed by atoms with Gasteiger partial charge in [0.2, 0.25) is 0 Å². The third-order valence-electron chi connectivity index (χ3n) is 5.72. The first kappa shape index (κ1) is 19.7. The minimum absolute atomic E-state index is 0.0736. The maximum absolute atomic E-state index is 13.2. The lowest BCUT2D eigenvalue weighted by molar-refractivity contribution is 0.0531. The van der Waals surface area contributed by atoms with E-state index in [0.717, 1.165) is 12.8 Å². The minimum Gasteiger partial charge on any atom is -0.335 e. The van der Waals surface area contributed by atoms with Gasteiger partial charge in [-0.2, -0.15) is 0 Å². The molecule has 0 unspecified atom stereocenters. The van der Waals surface area contributed by atoms with E-state index in [2.05, 4.69) is 9.97 Å². The predicted molar refractivity (Wildman–Crippen MR) is 115 cm³/mol. The van der Waals surface area contributed by atoms with E-state index in [-0.39, 0.29) is 17.6 Å². The molecule has 8 nitrogen and oxygen atoms in total. The molecule has 31 heavy (non-hydrogen) atoms. The first-order valence-electron chi connectivity index (χ1n) is 10.2. The summed E-state index contributed by atoms with van der Waals surface area (Å²) in [6, 6.07) is 10.5. The van der Waals surface area contributed by atoms with Crippen molar-refractivity contribution in [3.05, 3.63) is 69.2 Å². The number of pyridine rings is 1. The number of aromatic nitrogens is 3. The van der Waals surface area contributed by atoms with Crippen molar-refractivity contribution >= 4 is 34.6 Å². The summed E-state index contributed by atoms with van der Waals surface area (Å²) in [4.78, 5) is 50.9. The monoisotopic (exact) mass is 437 g/mol. The Kier molecular flexibility index (Phi) is 4.94. The van der Waals surface area contributed by atoms with Crippen LogP contribution >= 0.6 is 11.6 Å². The Morgan fingerprint density at radius 3 is 2.29 bits per heavy atom. The molecule has 3 heterocycles. The Bertz CT molecular complexity index is 1250. The van der Waals surface area contributed by atoms with Crippen LogP contribution in [-0.4, -0.2) is 62.3 Å². The molecule has 1 aliphatic carbocycles. The van der Waals surface area contributed by atoms with Gasteiger partial charge in [-0.1, -0.05) is 23.7 Å². The van der Waals surface area contributed by atoms with Gasteiger partial charge in [0.25, 0.3) is 17.4 Å². The zero-order valence-corrected chi connectivity index (χ0v) is 17.5. The lowest BCUT2D eigenvalue weighted by Crippen LogP contribution is -2.51. The van der Waals surface area contributed by atoms with Crippen LogP contribution in [0, 0.1) is 0 Å². The Labute approximate surface area is 183 Å². The van der Waals surface area contributed by atoms with Crippen LogP contribution in [0.5, 0.6) is 0 Å². The molecule has 0 radical (unpaired) electrons. The average molecular weight is 438 g/mol. The van der Waals surface area contributed by atoms with Crippen molar-refractivity contribution in [2.24, 2.45) is 0 Å². The second-order valence-corrected chi connectivity index (χ2v) is 8.18. The van der Waals surface area contributed by atoms with Crippen molar-refractivity contribution in [1.82, 2.24) is 24.3 Å². The van der Waals surface area contributed by atoms with Gasteiger partial charge in [-0.05, 0) is 37.1 Å². The first-order valence-corrected chi connectivity index (χ1v) is 10.6. The number of benzene rings is 1. The molecule has 5 rings (SSSR count). The minimum atomic E-state index is -0.407. The van der Waals surface area contributed by atoms with Crippen molar-refractivity contribution in [3.8, 4) is 0 Å². The molecule has 3 aromatic rings. The fourth-order valence-corrected chi connectivity index (χ4v) is 4.13. The number of carbonyl (C=O) groups excluding carboxylic acids is 2. The Hall–Kier alpha value is -3.26. The first-order chi connectivity index (χ1) is 15.0. The second-order valence-electron chi connectivity index (χ2n) is 7.78. The number of halogens is 1. The van der Waals surface area contributed by atoms with Gasteiger partial charge in [0.05, 0.1) is 10.6 Å². The molecule has 1 saturated carbocycles. The van der Waals surface area contributed by atoms with Crippen molar-refractivity contribution < 1.29 is 9.59 Å². The van der Waals surface area contributed by atoms with E-state index in [9.17, 15) is 14.4 Å². The SMILES string of the molecule is O=C(c1ccccc1Cl)N1CCN(C(=O)c2nc3cccnc3n(C3CC3)c2=O)CC1. The molecule has 0 bridgehead atoms. The highest BCUT2D eigenvalue weighted by molar-refractivity contribution is 6.33. The van der Waals surface area contributed by atoms with E-state index < -0.39 is 11.5 Å². The topological polar surface area (TPSA) is 88.4 Å². The van der Waals surface area contributed by atoms with E-state index in [1.165, 1.54) is 0 Å².